The van der Waals surface area contributed by atoms with E-state index in [9.17, 15) is 9.90 Å². The van der Waals surface area contributed by atoms with E-state index in [0.29, 0.717) is 13.0 Å². The Morgan fingerprint density at radius 3 is 3.14 bits per heavy atom. The predicted octanol–water partition coefficient (Wildman–Crippen LogP) is 2.17. The number of nitrogens with zero attached hydrogens (tertiary/aromatic N) is 3. The van der Waals surface area contributed by atoms with Gasteiger partial charge in [0.05, 0.1) is 11.4 Å². The third-order valence-electron chi connectivity index (χ3n) is 3.77. The Morgan fingerprint density at radius 2 is 2.43 bits per heavy atom. The molecule has 2 aromatic rings. The molecule has 0 amide bonds. The first-order chi connectivity index (χ1) is 10.1. The molecule has 7 heteroatoms. The number of hydrogen-bond donors (Lipinski definition) is 2. The van der Waals surface area contributed by atoms with Crippen molar-refractivity contribution in [2.45, 2.75) is 38.6 Å². The van der Waals surface area contributed by atoms with Gasteiger partial charge >= 0.3 is 5.97 Å². The SMILES string of the molecule is CCc1nn(C)cc1CNc1nc2c(s1)CCC2C(=O)O. The molecule has 6 nitrogen and oxygen atoms in total. The summed E-state index contributed by atoms with van der Waals surface area (Å²) in [5, 5.41) is 17.7. The number of nitrogens with one attached hydrogen (secondary N) is 1. The van der Waals surface area contributed by atoms with Crippen molar-refractivity contribution in [1.29, 1.82) is 0 Å². The molecule has 3 rings (SSSR count). The second-order valence-electron chi connectivity index (χ2n) is 5.24. The largest absolute Gasteiger partial charge is 0.481 e. The highest BCUT2D eigenvalue weighted by atomic mass is 32.1. The standard InChI is InChI=1S/C14H18N4O2S/c1-3-10-8(7-18(2)17-10)6-15-14-16-12-9(13(19)20)4-5-11(12)21-14/h7,9H,3-6H2,1-2H3,(H,15,16)(H,19,20). The topological polar surface area (TPSA) is 80.0 Å². The second kappa shape index (κ2) is 5.48. The molecule has 0 bridgehead atoms. The summed E-state index contributed by atoms with van der Waals surface area (Å²) < 4.78 is 1.82. The minimum absolute atomic E-state index is 0.434. The summed E-state index contributed by atoms with van der Waals surface area (Å²) in [5.41, 5.74) is 2.99. The Kier molecular flexibility index (Phi) is 3.67. The fourth-order valence-electron chi connectivity index (χ4n) is 2.74. The van der Waals surface area contributed by atoms with Crippen molar-refractivity contribution in [1.82, 2.24) is 14.8 Å². The van der Waals surface area contributed by atoms with Crippen LogP contribution >= 0.6 is 11.3 Å². The van der Waals surface area contributed by atoms with Crippen LogP contribution in [0.25, 0.3) is 0 Å². The van der Waals surface area contributed by atoms with Crippen LogP contribution in [-0.2, 0) is 31.2 Å². The number of hydrogen-bond acceptors (Lipinski definition) is 5. The van der Waals surface area contributed by atoms with E-state index in [1.165, 1.54) is 0 Å². The second-order valence-corrected chi connectivity index (χ2v) is 6.32. The van der Waals surface area contributed by atoms with Crippen molar-refractivity contribution in [2.24, 2.45) is 7.05 Å². The highest BCUT2D eigenvalue weighted by Crippen LogP contribution is 2.38. The Hall–Kier alpha value is -1.89. The van der Waals surface area contributed by atoms with Gasteiger partial charge in [0.1, 0.15) is 5.92 Å². The molecule has 0 saturated heterocycles. The van der Waals surface area contributed by atoms with Crippen LogP contribution in [0.3, 0.4) is 0 Å². The van der Waals surface area contributed by atoms with Gasteiger partial charge in [-0.25, -0.2) is 4.98 Å². The van der Waals surface area contributed by atoms with Crippen molar-refractivity contribution >= 4 is 22.4 Å². The summed E-state index contributed by atoms with van der Waals surface area (Å²) in [5.74, 6) is -1.21. The number of thiazole rings is 1. The number of carboxylic acid groups (broad SMARTS) is 1. The van der Waals surface area contributed by atoms with Crippen LogP contribution in [0.15, 0.2) is 6.20 Å². The third-order valence-corrected chi connectivity index (χ3v) is 4.86. The molecule has 112 valence electrons. The number of carboxylic acids is 1. The van der Waals surface area contributed by atoms with E-state index in [1.807, 2.05) is 17.9 Å². The molecular weight excluding hydrogens is 288 g/mol. The molecule has 2 heterocycles. The van der Waals surface area contributed by atoms with E-state index < -0.39 is 11.9 Å². The fraction of sp³-hybridized carbons (Fsp3) is 0.500. The van der Waals surface area contributed by atoms with Crippen LogP contribution in [0.2, 0.25) is 0 Å². The first-order valence-electron chi connectivity index (χ1n) is 7.06. The minimum atomic E-state index is -0.772. The van der Waals surface area contributed by atoms with Gasteiger partial charge in [-0.1, -0.05) is 6.92 Å². The van der Waals surface area contributed by atoms with E-state index in [-0.39, 0.29) is 0 Å². The van der Waals surface area contributed by atoms with E-state index in [4.69, 9.17) is 0 Å². The Balaban J connectivity index is 1.72. The van der Waals surface area contributed by atoms with E-state index in [2.05, 4.69) is 22.3 Å². The van der Waals surface area contributed by atoms with Crippen LogP contribution in [0.4, 0.5) is 5.13 Å². The molecule has 2 N–H and O–H groups in total. The summed E-state index contributed by atoms with van der Waals surface area (Å²) in [4.78, 5) is 16.7. The van der Waals surface area contributed by atoms with Crippen molar-refractivity contribution < 1.29 is 9.90 Å². The molecule has 0 fully saturated rings. The molecule has 2 aromatic heterocycles. The Bertz CT molecular complexity index is 677. The van der Waals surface area contributed by atoms with Crippen LogP contribution in [0, 0.1) is 0 Å². The highest BCUT2D eigenvalue weighted by Gasteiger charge is 2.32. The average Bonchev–Trinajstić information content (AvgIpc) is 3.08. The maximum atomic E-state index is 11.2. The summed E-state index contributed by atoms with van der Waals surface area (Å²) >= 11 is 1.57. The molecule has 0 aliphatic heterocycles. The fourth-order valence-corrected chi connectivity index (χ4v) is 3.78. The van der Waals surface area contributed by atoms with Crippen LogP contribution in [-0.4, -0.2) is 25.8 Å². The maximum Gasteiger partial charge on any atom is 0.312 e. The smallest absolute Gasteiger partial charge is 0.312 e. The molecule has 0 saturated carbocycles. The molecule has 0 radical (unpaired) electrons. The Morgan fingerprint density at radius 1 is 1.62 bits per heavy atom. The quantitative estimate of drug-likeness (QED) is 0.885. The zero-order valence-electron chi connectivity index (χ0n) is 12.1. The van der Waals surface area contributed by atoms with Crippen LogP contribution in [0.1, 0.15) is 41.1 Å². The van der Waals surface area contributed by atoms with Gasteiger partial charge in [-0.05, 0) is 19.3 Å². The number of aromatic nitrogens is 3. The third kappa shape index (κ3) is 2.65. The van der Waals surface area contributed by atoms with Gasteiger partial charge in [0.25, 0.3) is 0 Å². The Labute approximate surface area is 126 Å². The zero-order chi connectivity index (χ0) is 15.0. The lowest BCUT2D eigenvalue weighted by atomic mass is 10.1. The van der Waals surface area contributed by atoms with Crippen molar-refractivity contribution in [3.63, 3.8) is 0 Å². The van der Waals surface area contributed by atoms with Crippen LogP contribution < -0.4 is 5.32 Å². The van der Waals surface area contributed by atoms with Crippen molar-refractivity contribution in [3.05, 3.63) is 28.0 Å². The highest BCUT2D eigenvalue weighted by molar-refractivity contribution is 7.15. The molecular formula is C14H18N4O2S. The average molecular weight is 306 g/mol. The van der Waals surface area contributed by atoms with Gasteiger partial charge < -0.3 is 10.4 Å². The molecule has 1 atom stereocenters. The van der Waals surface area contributed by atoms with Gasteiger partial charge in [0, 0.05) is 30.2 Å². The number of carbonyl (C=O) groups is 1. The first-order valence-corrected chi connectivity index (χ1v) is 7.87. The summed E-state index contributed by atoms with van der Waals surface area (Å²) in [7, 11) is 1.91. The number of fused-ring (bicyclic) bond motifs is 1. The molecule has 1 unspecified atom stereocenters. The number of rotatable bonds is 5. The van der Waals surface area contributed by atoms with Crippen molar-refractivity contribution in [2.75, 3.05) is 5.32 Å². The van der Waals surface area contributed by atoms with Gasteiger partial charge in [-0.3, -0.25) is 9.48 Å². The molecule has 21 heavy (non-hydrogen) atoms. The lowest BCUT2D eigenvalue weighted by Gasteiger charge is -2.04. The number of aryl methyl sites for hydroxylation is 3. The monoisotopic (exact) mass is 306 g/mol. The predicted molar refractivity (Wildman–Crippen MR) is 80.7 cm³/mol. The summed E-state index contributed by atoms with van der Waals surface area (Å²) in [6.07, 6.45) is 4.39. The van der Waals surface area contributed by atoms with Gasteiger partial charge in [-0.2, -0.15) is 5.10 Å². The van der Waals surface area contributed by atoms with Gasteiger partial charge in [0.2, 0.25) is 0 Å². The van der Waals surface area contributed by atoms with Gasteiger partial charge in [-0.15, -0.1) is 11.3 Å². The number of anilines is 1. The lowest BCUT2D eigenvalue weighted by Crippen LogP contribution is -2.09. The number of aliphatic carboxylic acids is 1. The molecule has 1 aliphatic carbocycles. The summed E-state index contributed by atoms with van der Waals surface area (Å²) in [6, 6.07) is 0. The first kappa shape index (κ1) is 14.1. The normalized spacial score (nSPS) is 17.0. The molecule has 1 aliphatic rings. The van der Waals surface area contributed by atoms with Crippen molar-refractivity contribution in [3.8, 4) is 0 Å². The van der Waals surface area contributed by atoms with E-state index >= 15 is 0 Å². The van der Waals surface area contributed by atoms with Crippen LogP contribution in [0.5, 0.6) is 0 Å². The molecule has 0 aromatic carbocycles. The lowest BCUT2D eigenvalue weighted by molar-refractivity contribution is -0.138. The van der Waals surface area contributed by atoms with E-state index in [0.717, 1.165) is 39.8 Å². The minimum Gasteiger partial charge on any atom is -0.481 e. The van der Waals surface area contributed by atoms with Gasteiger partial charge in [0.15, 0.2) is 5.13 Å². The summed E-state index contributed by atoms with van der Waals surface area (Å²) in [6.45, 7) is 2.75. The maximum absolute atomic E-state index is 11.2. The molecule has 0 spiro atoms. The van der Waals surface area contributed by atoms with E-state index in [1.54, 1.807) is 11.3 Å². The zero-order valence-corrected chi connectivity index (χ0v) is 12.9.